The maximum absolute atomic E-state index is 12.1. The molecule has 6 nitrogen and oxygen atoms in total. The van der Waals surface area contributed by atoms with Gasteiger partial charge in [0.05, 0.1) is 15.6 Å². The molecule has 0 radical (unpaired) electrons. The summed E-state index contributed by atoms with van der Waals surface area (Å²) < 4.78 is 5.20. The maximum Gasteiger partial charge on any atom is 0.264 e. The van der Waals surface area contributed by atoms with Crippen LogP contribution in [0.4, 0.5) is 5.69 Å². The summed E-state index contributed by atoms with van der Waals surface area (Å²) in [7, 11) is 0. The van der Waals surface area contributed by atoms with E-state index in [0.717, 1.165) is 11.3 Å². The molecule has 1 aliphatic rings. The number of amidine groups is 1. The first kappa shape index (κ1) is 18.0. The molecule has 3 N–H and O–H groups in total. The highest BCUT2D eigenvalue weighted by Crippen LogP contribution is 2.30. The molecule has 0 aromatic heterocycles. The predicted molar refractivity (Wildman–Crippen MR) is 103 cm³/mol. The molecule has 2 amide bonds. The number of primary amides is 1. The summed E-state index contributed by atoms with van der Waals surface area (Å²) in [5, 5.41) is 3.56. The van der Waals surface area contributed by atoms with E-state index in [1.807, 2.05) is 30.3 Å². The molecule has 1 heterocycles. The van der Waals surface area contributed by atoms with Crippen molar-refractivity contribution in [3.05, 3.63) is 64.0 Å². The Bertz CT molecular complexity index is 913. The van der Waals surface area contributed by atoms with Crippen LogP contribution < -0.4 is 15.8 Å². The number of nitrogens with zero attached hydrogens (tertiary/aromatic N) is 1. The lowest BCUT2D eigenvalue weighted by atomic mass is 10.2. The highest BCUT2D eigenvalue weighted by Gasteiger charge is 2.23. The fourth-order valence-electron chi connectivity index (χ4n) is 2.12. The molecule has 132 valence electrons. The van der Waals surface area contributed by atoms with Gasteiger partial charge in [-0.05, 0) is 47.7 Å². The third-order valence-corrected chi connectivity index (χ3v) is 4.47. The van der Waals surface area contributed by atoms with Gasteiger partial charge in [-0.2, -0.15) is 0 Å². The molecule has 0 saturated carbocycles. The molecule has 8 heteroatoms. The Morgan fingerprint density at radius 3 is 2.73 bits per heavy atom. The normalized spacial score (nSPS) is 16.7. The number of thioether (sulfide) groups is 1. The zero-order valence-corrected chi connectivity index (χ0v) is 15.0. The molecular formula is C18H14ClN3O3S. The standard InChI is InChI=1S/C18H14ClN3O3S/c19-13-8-11(6-7-14(13)25-10-16(20)23)9-15-17(24)22-18(26-15)21-12-4-2-1-3-5-12/h1-9H,10H2,(H2,20,23)(H,21,22,24)/b15-9-. The summed E-state index contributed by atoms with van der Waals surface area (Å²) >= 11 is 7.38. The first-order valence-corrected chi connectivity index (χ1v) is 8.76. The minimum Gasteiger partial charge on any atom is -0.482 e. The maximum atomic E-state index is 12.1. The summed E-state index contributed by atoms with van der Waals surface area (Å²) in [4.78, 5) is 27.8. The minimum atomic E-state index is -0.587. The number of benzene rings is 2. The van der Waals surface area contributed by atoms with Gasteiger partial charge in [-0.1, -0.05) is 35.9 Å². The number of carbonyl (C=O) groups excluding carboxylic acids is 2. The number of amides is 2. The number of nitrogens with one attached hydrogen (secondary N) is 1. The fourth-order valence-corrected chi connectivity index (χ4v) is 3.21. The van der Waals surface area contributed by atoms with Crippen molar-refractivity contribution in [1.29, 1.82) is 0 Å². The van der Waals surface area contributed by atoms with Gasteiger partial charge in [0.1, 0.15) is 5.75 Å². The van der Waals surface area contributed by atoms with E-state index < -0.39 is 5.91 Å². The van der Waals surface area contributed by atoms with Gasteiger partial charge in [0.2, 0.25) is 0 Å². The number of aliphatic imine (C=N–C) groups is 1. The van der Waals surface area contributed by atoms with Crippen molar-refractivity contribution in [1.82, 2.24) is 5.32 Å². The molecule has 1 aliphatic heterocycles. The Labute approximate surface area is 159 Å². The zero-order chi connectivity index (χ0) is 18.5. The average molecular weight is 388 g/mol. The van der Waals surface area contributed by atoms with E-state index in [2.05, 4.69) is 10.3 Å². The third-order valence-electron chi connectivity index (χ3n) is 3.26. The highest BCUT2D eigenvalue weighted by atomic mass is 35.5. The van der Waals surface area contributed by atoms with Crippen molar-refractivity contribution in [2.75, 3.05) is 6.61 Å². The smallest absolute Gasteiger partial charge is 0.264 e. The Morgan fingerprint density at radius 1 is 1.27 bits per heavy atom. The van der Waals surface area contributed by atoms with E-state index in [1.165, 1.54) is 11.8 Å². The molecule has 0 unspecified atom stereocenters. The van der Waals surface area contributed by atoms with Crippen LogP contribution in [0.25, 0.3) is 6.08 Å². The van der Waals surface area contributed by atoms with Gasteiger partial charge in [0, 0.05) is 0 Å². The van der Waals surface area contributed by atoms with Crippen molar-refractivity contribution in [2.45, 2.75) is 0 Å². The second kappa shape index (κ2) is 8.07. The van der Waals surface area contributed by atoms with E-state index in [9.17, 15) is 9.59 Å². The summed E-state index contributed by atoms with van der Waals surface area (Å²) in [6.45, 7) is -0.252. The molecule has 2 aromatic rings. The summed E-state index contributed by atoms with van der Waals surface area (Å²) in [6.07, 6.45) is 1.71. The number of rotatable bonds is 5. The van der Waals surface area contributed by atoms with Crippen LogP contribution in [0.1, 0.15) is 5.56 Å². The van der Waals surface area contributed by atoms with Crippen LogP contribution in [0, 0.1) is 0 Å². The van der Waals surface area contributed by atoms with Gasteiger partial charge < -0.3 is 15.8 Å². The van der Waals surface area contributed by atoms with Crippen molar-refractivity contribution in [2.24, 2.45) is 10.7 Å². The Balaban J connectivity index is 1.75. The predicted octanol–water partition coefficient (Wildman–Crippen LogP) is 3.10. The monoisotopic (exact) mass is 387 g/mol. The molecule has 0 spiro atoms. The Hall–Kier alpha value is -2.77. The lowest BCUT2D eigenvalue weighted by molar-refractivity contribution is -0.120. The average Bonchev–Trinajstić information content (AvgIpc) is 2.94. The SMILES string of the molecule is NC(=O)COc1ccc(/C=C2\SC(=Nc3ccccc3)NC2=O)cc1Cl. The van der Waals surface area contributed by atoms with Gasteiger partial charge in [0.25, 0.3) is 11.8 Å². The molecule has 0 atom stereocenters. The van der Waals surface area contributed by atoms with Crippen LogP contribution in [-0.2, 0) is 9.59 Å². The van der Waals surface area contributed by atoms with E-state index in [0.29, 0.717) is 20.8 Å². The number of hydrogen-bond acceptors (Lipinski definition) is 5. The topological polar surface area (TPSA) is 93.8 Å². The molecule has 26 heavy (non-hydrogen) atoms. The highest BCUT2D eigenvalue weighted by molar-refractivity contribution is 8.18. The number of carbonyl (C=O) groups is 2. The minimum absolute atomic E-state index is 0.227. The van der Waals surface area contributed by atoms with Gasteiger partial charge in [0.15, 0.2) is 11.8 Å². The number of para-hydroxylation sites is 1. The quantitative estimate of drug-likeness (QED) is 0.771. The van der Waals surface area contributed by atoms with Crippen molar-refractivity contribution < 1.29 is 14.3 Å². The number of halogens is 1. The molecule has 0 aliphatic carbocycles. The summed E-state index contributed by atoms with van der Waals surface area (Å²) in [5.74, 6) is -0.464. The summed E-state index contributed by atoms with van der Waals surface area (Å²) in [5.41, 5.74) is 6.52. The first-order chi connectivity index (χ1) is 12.5. The van der Waals surface area contributed by atoms with Gasteiger partial charge >= 0.3 is 0 Å². The van der Waals surface area contributed by atoms with Crippen LogP contribution in [-0.4, -0.2) is 23.6 Å². The van der Waals surface area contributed by atoms with E-state index >= 15 is 0 Å². The van der Waals surface area contributed by atoms with E-state index in [4.69, 9.17) is 22.1 Å². The van der Waals surface area contributed by atoms with E-state index in [1.54, 1.807) is 24.3 Å². The molecule has 1 fully saturated rings. The Kier molecular flexibility index (Phi) is 5.60. The summed E-state index contributed by atoms with van der Waals surface area (Å²) in [6, 6.07) is 14.4. The fraction of sp³-hybridized carbons (Fsp3) is 0.0556. The molecule has 1 saturated heterocycles. The molecule has 3 rings (SSSR count). The molecule has 0 bridgehead atoms. The van der Waals surface area contributed by atoms with Crippen molar-refractivity contribution in [3.63, 3.8) is 0 Å². The molecular weight excluding hydrogens is 374 g/mol. The van der Waals surface area contributed by atoms with Crippen molar-refractivity contribution >= 4 is 52.1 Å². The van der Waals surface area contributed by atoms with Crippen LogP contribution in [0.3, 0.4) is 0 Å². The first-order valence-electron chi connectivity index (χ1n) is 7.56. The third kappa shape index (κ3) is 4.65. The molecule has 2 aromatic carbocycles. The van der Waals surface area contributed by atoms with Crippen LogP contribution in [0.15, 0.2) is 58.4 Å². The van der Waals surface area contributed by atoms with Gasteiger partial charge in [-0.3, -0.25) is 9.59 Å². The van der Waals surface area contributed by atoms with Crippen molar-refractivity contribution in [3.8, 4) is 5.75 Å². The van der Waals surface area contributed by atoms with Crippen LogP contribution in [0.5, 0.6) is 5.75 Å². The largest absolute Gasteiger partial charge is 0.482 e. The van der Waals surface area contributed by atoms with Gasteiger partial charge in [-0.15, -0.1) is 0 Å². The number of nitrogens with two attached hydrogens (primary N) is 1. The van der Waals surface area contributed by atoms with Crippen LogP contribution in [0.2, 0.25) is 5.02 Å². The second-order valence-electron chi connectivity index (χ2n) is 5.26. The second-order valence-corrected chi connectivity index (χ2v) is 6.70. The zero-order valence-electron chi connectivity index (χ0n) is 13.4. The number of hydrogen-bond donors (Lipinski definition) is 2. The lowest BCUT2D eigenvalue weighted by Crippen LogP contribution is -2.20. The number of ether oxygens (including phenoxy) is 1. The lowest BCUT2D eigenvalue weighted by Gasteiger charge is -2.06. The van der Waals surface area contributed by atoms with E-state index in [-0.39, 0.29) is 12.5 Å². The van der Waals surface area contributed by atoms with Crippen LogP contribution >= 0.6 is 23.4 Å². The van der Waals surface area contributed by atoms with Gasteiger partial charge in [-0.25, -0.2) is 4.99 Å². The Morgan fingerprint density at radius 2 is 2.04 bits per heavy atom.